The first kappa shape index (κ1) is 12.4. The Morgan fingerprint density at radius 2 is 2.06 bits per heavy atom. The predicted molar refractivity (Wildman–Crippen MR) is 69.2 cm³/mol. The number of nitrogens with one attached hydrogen (secondary N) is 1. The largest absolute Gasteiger partial charge is 0.488 e. The topological polar surface area (TPSA) is 34.2 Å². The Hall–Kier alpha value is -1.09. The van der Waals surface area contributed by atoms with E-state index < -0.39 is 0 Å². The van der Waals surface area contributed by atoms with E-state index in [1.807, 2.05) is 20.0 Å². The maximum absolute atomic E-state index is 6.09. The third-order valence-electron chi connectivity index (χ3n) is 3.26. The van der Waals surface area contributed by atoms with Crippen LogP contribution in [0.1, 0.15) is 43.5 Å². The van der Waals surface area contributed by atoms with Crippen LogP contribution >= 0.6 is 0 Å². The number of aromatic nitrogens is 1. The van der Waals surface area contributed by atoms with E-state index in [9.17, 15) is 0 Å². The smallest absolute Gasteiger partial charge is 0.142 e. The fraction of sp³-hybridized carbons (Fsp3) is 0.643. The van der Waals surface area contributed by atoms with Crippen LogP contribution < -0.4 is 10.1 Å². The lowest BCUT2D eigenvalue weighted by Gasteiger charge is -2.24. The van der Waals surface area contributed by atoms with Gasteiger partial charge in [0.2, 0.25) is 0 Å². The first-order chi connectivity index (χ1) is 8.29. The molecule has 1 N–H and O–H groups in total. The Kier molecular flexibility index (Phi) is 4.37. The minimum atomic E-state index is 0.392. The number of pyridine rings is 1. The van der Waals surface area contributed by atoms with E-state index in [1.165, 1.54) is 32.1 Å². The summed E-state index contributed by atoms with van der Waals surface area (Å²) in [6.45, 7) is 2.79. The second kappa shape index (κ2) is 6.01. The molecule has 2 rings (SSSR count). The lowest BCUT2D eigenvalue weighted by molar-refractivity contribution is 0.152. The monoisotopic (exact) mass is 234 g/mol. The summed E-state index contributed by atoms with van der Waals surface area (Å²) in [7, 11) is 1.94. The van der Waals surface area contributed by atoms with Crippen molar-refractivity contribution in [1.82, 2.24) is 10.3 Å². The van der Waals surface area contributed by atoms with Crippen LogP contribution in [0.25, 0.3) is 0 Å². The third-order valence-corrected chi connectivity index (χ3v) is 3.26. The molecule has 94 valence electrons. The summed E-state index contributed by atoms with van der Waals surface area (Å²) in [5, 5.41) is 3.15. The molecule has 3 nitrogen and oxygen atoms in total. The van der Waals surface area contributed by atoms with Crippen molar-refractivity contribution >= 4 is 0 Å². The van der Waals surface area contributed by atoms with Gasteiger partial charge in [0.1, 0.15) is 5.75 Å². The predicted octanol–water partition coefficient (Wildman–Crippen LogP) is 2.82. The molecule has 0 saturated heterocycles. The molecule has 0 aromatic carbocycles. The molecule has 1 aromatic heterocycles. The van der Waals surface area contributed by atoms with Gasteiger partial charge in [-0.05, 0) is 51.8 Å². The zero-order valence-electron chi connectivity index (χ0n) is 10.8. The molecule has 0 amide bonds. The summed E-state index contributed by atoms with van der Waals surface area (Å²) in [5.74, 6) is 0.955. The van der Waals surface area contributed by atoms with Crippen LogP contribution in [0.4, 0.5) is 0 Å². The Balaban J connectivity index is 2.07. The van der Waals surface area contributed by atoms with Crippen LogP contribution in [-0.2, 0) is 6.54 Å². The van der Waals surface area contributed by atoms with Gasteiger partial charge in [-0.15, -0.1) is 0 Å². The van der Waals surface area contributed by atoms with Gasteiger partial charge in [0.15, 0.2) is 0 Å². The second-order valence-corrected chi connectivity index (χ2v) is 4.81. The molecule has 0 aliphatic heterocycles. The van der Waals surface area contributed by atoms with Crippen molar-refractivity contribution < 1.29 is 4.74 Å². The molecular weight excluding hydrogens is 212 g/mol. The zero-order chi connectivity index (χ0) is 12.1. The van der Waals surface area contributed by atoms with E-state index in [-0.39, 0.29) is 0 Å². The fourth-order valence-corrected chi connectivity index (χ4v) is 2.36. The van der Waals surface area contributed by atoms with Crippen LogP contribution in [0.3, 0.4) is 0 Å². The Morgan fingerprint density at radius 1 is 1.29 bits per heavy atom. The molecule has 0 atom stereocenters. The molecule has 1 saturated carbocycles. The van der Waals surface area contributed by atoms with E-state index >= 15 is 0 Å². The molecule has 1 heterocycles. The van der Waals surface area contributed by atoms with Crippen molar-refractivity contribution in [1.29, 1.82) is 0 Å². The average Bonchev–Trinajstić information content (AvgIpc) is 2.34. The normalized spacial score (nSPS) is 17.1. The molecule has 0 unspecified atom stereocenters. The molecule has 17 heavy (non-hydrogen) atoms. The highest BCUT2D eigenvalue weighted by molar-refractivity contribution is 5.29. The van der Waals surface area contributed by atoms with Crippen LogP contribution in [0, 0.1) is 6.92 Å². The van der Waals surface area contributed by atoms with E-state index in [4.69, 9.17) is 4.74 Å². The Bertz CT molecular complexity index is 359. The van der Waals surface area contributed by atoms with Gasteiger partial charge in [-0.25, -0.2) is 0 Å². The molecule has 0 bridgehead atoms. The molecule has 1 fully saturated rings. The van der Waals surface area contributed by atoms with Gasteiger partial charge in [-0.2, -0.15) is 0 Å². The van der Waals surface area contributed by atoms with Crippen LogP contribution in [0.2, 0.25) is 0 Å². The Labute approximate surface area is 104 Å². The van der Waals surface area contributed by atoms with E-state index in [0.29, 0.717) is 6.10 Å². The Morgan fingerprint density at radius 3 is 2.76 bits per heavy atom. The standard InChI is InChI=1S/C14H22N2O/c1-11-8-9-14(13(16-11)10-15-2)17-12-6-4-3-5-7-12/h8-9,12,15H,3-7,10H2,1-2H3. The number of aryl methyl sites for hydroxylation is 1. The fourth-order valence-electron chi connectivity index (χ4n) is 2.36. The molecular formula is C14H22N2O. The van der Waals surface area contributed by atoms with E-state index in [0.717, 1.165) is 23.7 Å². The minimum absolute atomic E-state index is 0.392. The third kappa shape index (κ3) is 3.43. The number of rotatable bonds is 4. The van der Waals surface area contributed by atoms with Gasteiger partial charge in [0.25, 0.3) is 0 Å². The van der Waals surface area contributed by atoms with Crippen molar-refractivity contribution in [3.63, 3.8) is 0 Å². The number of nitrogens with zero attached hydrogens (tertiary/aromatic N) is 1. The molecule has 1 aliphatic rings. The van der Waals surface area contributed by atoms with Gasteiger partial charge in [-0.3, -0.25) is 4.98 Å². The highest BCUT2D eigenvalue weighted by Crippen LogP contribution is 2.25. The second-order valence-electron chi connectivity index (χ2n) is 4.81. The lowest BCUT2D eigenvalue weighted by atomic mass is 9.98. The molecule has 1 aliphatic carbocycles. The van der Waals surface area contributed by atoms with Crippen LogP contribution in [0.5, 0.6) is 5.75 Å². The summed E-state index contributed by atoms with van der Waals surface area (Å²) in [6.07, 6.45) is 6.72. The zero-order valence-corrected chi connectivity index (χ0v) is 10.8. The highest BCUT2D eigenvalue weighted by Gasteiger charge is 2.16. The molecule has 0 spiro atoms. The van der Waals surface area contributed by atoms with Crippen molar-refractivity contribution in [2.75, 3.05) is 7.05 Å². The summed E-state index contributed by atoms with van der Waals surface area (Å²) in [6, 6.07) is 4.08. The van der Waals surface area contributed by atoms with Crippen molar-refractivity contribution in [3.8, 4) is 5.75 Å². The van der Waals surface area contributed by atoms with Crippen molar-refractivity contribution in [2.24, 2.45) is 0 Å². The summed E-state index contributed by atoms with van der Waals surface area (Å²) >= 11 is 0. The number of hydrogen-bond acceptors (Lipinski definition) is 3. The van der Waals surface area contributed by atoms with Gasteiger partial charge in [0.05, 0.1) is 11.8 Å². The maximum Gasteiger partial charge on any atom is 0.142 e. The molecule has 1 aromatic rings. The molecule has 0 radical (unpaired) electrons. The van der Waals surface area contributed by atoms with Gasteiger partial charge >= 0.3 is 0 Å². The lowest BCUT2D eigenvalue weighted by Crippen LogP contribution is -2.21. The average molecular weight is 234 g/mol. The molecule has 3 heteroatoms. The maximum atomic E-state index is 6.09. The number of ether oxygens (including phenoxy) is 1. The highest BCUT2D eigenvalue weighted by atomic mass is 16.5. The number of hydrogen-bond donors (Lipinski definition) is 1. The van der Waals surface area contributed by atoms with Crippen molar-refractivity contribution in [2.45, 2.75) is 51.7 Å². The van der Waals surface area contributed by atoms with Gasteiger partial charge in [0, 0.05) is 12.2 Å². The van der Waals surface area contributed by atoms with Gasteiger partial charge < -0.3 is 10.1 Å². The summed E-state index contributed by atoms with van der Waals surface area (Å²) in [5.41, 5.74) is 2.07. The van der Waals surface area contributed by atoms with Crippen LogP contribution in [0.15, 0.2) is 12.1 Å². The quantitative estimate of drug-likeness (QED) is 0.870. The van der Waals surface area contributed by atoms with Crippen molar-refractivity contribution in [3.05, 3.63) is 23.5 Å². The first-order valence-corrected chi connectivity index (χ1v) is 6.57. The summed E-state index contributed by atoms with van der Waals surface area (Å²) < 4.78 is 6.09. The van der Waals surface area contributed by atoms with E-state index in [2.05, 4.69) is 16.4 Å². The summed E-state index contributed by atoms with van der Waals surface area (Å²) in [4.78, 5) is 4.54. The van der Waals surface area contributed by atoms with Gasteiger partial charge in [-0.1, -0.05) is 6.42 Å². The van der Waals surface area contributed by atoms with Crippen LogP contribution in [-0.4, -0.2) is 18.1 Å². The first-order valence-electron chi connectivity index (χ1n) is 6.57. The SMILES string of the molecule is CNCc1nc(C)ccc1OC1CCCCC1. The van der Waals surface area contributed by atoms with E-state index in [1.54, 1.807) is 0 Å². The minimum Gasteiger partial charge on any atom is -0.488 e.